The van der Waals surface area contributed by atoms with Crippen LogP contribution in [0.15, 0.2) is 36.4 Å². The molecule has 0 heterocycles. The Bertz CT molecular complexity index is 856. The Morgan fingerprint density at radius 1 is 1.04 bits per heavy atom. The lowest BCUT2D eigenvalue weighted by Crippen LogP contribution is -2.21. The van der Waals surface area contributed by atoms with Crippen LogP contribution in [0.5, 0.6) is 0 Å². The standard InChI is InChI=1S/C16H9Cl2F4NO3/c17-11-4-1-8(16(20,21)22)5-13(11)23-14(24)7-26-15(25)10-3-2-9(19)6-12(10)18/h1-6H,7H2,(H,23,24). The Kier molecular flexibility index (Phi) is 6.09. The molecule has 10 heteroatoms. The Balaban J connectivity index is 2.02. The summed E-state index contributed by atoms with van der Waals surface area (Å²) in [4.78, 5) is 23.6. The van der Waals surface area contributed by atoms with Crippen molar-refractivity contribution < 1.29 is 31.9 Å². The van der Waals surface area contributed by atoms with E-state index >= 15 is 0 Å². The molecule has 0 spiro atoms. The SMILES string of the molecule is O=C(COC(=O)c1ccc(F)cc1Cl)Nc1cc(C(F)(F)F)ccc1Cl. The van der Waals surface area contributed by atoms with Crippen LogP contribution in [0.2, 0.25) is 10.0 Å². The van der Waals surface area contributed by atoms with Crippen LogP contribution in [-0.2, 0) is 15.7 Å². The van der Waals surface area contributed by atoms with Gasteiger partial charge in [-0.05, 0) is 36.4 Å². The summed E-state index contributed by atoms with van der Waals surface area (Å²) in [6.45, 7) is -0.806. The molecule has 26 heavy (non-hydrogen) atoms. The summed E-state index contributed by atoms with van der Waals surface area (Å²) in [5, 5.41) is 1.77. The maximum absolute atomic E-state index is 12.9. The highest BCUT2D eigenvalue weighted by molar-refractivity contribution is 6.34. The molecule has 2 rings (SSSR count). The van der Waals surface area contributed by atoms with E-state index in [-0.39, 0.29) is 21.3 Å². The minimum absolute atomic E-state index is 0.126. The number of esters is 1. The van der Waals surface area contributed by atoms with E-state index in [9.17, 15) is 27.2 Å². The summed E-state index contributed by atoms with van der Waals surface area (Å²) >= 11 is 11.4. The minimum atomic E-state index is -4.62. The summed E-state index contributed by atoms with van der Waals surface area (Å²) in [6, 6.07) is 5.32. The molecule has 4 nitrogen and oxygen atoms in total. The Hall–Kier alpha value is -2.32. The lowest BCUT2D eigenvalue weighted by atomic mass is 10.2. The first-order valence-corrected chi connectivity index (χ1v) is 7.62. The summed E-state index contributed by atoms with van der Waals surface area (Å²) in [7, 11) is 0. The van der Waals surface area contributed by atoms with E-state index in [0.29, 0.717) is 6.07 Å². The molecule has 0 fully saturated rings. The summed E-state index contributed by atoms with van der Waals surface area (Å²) in [5.41, 5.74) is -1.47. The normalized spacial score (nSPS) is 11.2. The lowest BCUT2D eigenvalue weighted by Gasteiger charge is -2.12. The highest BCUT2D eigenvalue weighted by Gasteiger charge is 2.31. The lowest BCUT2D eigenvalue weighted by molar-refractivity contribution is -0.137. The molecule has 0 aromatic heterocycles. The van der Waals surface area contributed by atoms with Crippen molar-refractivity contribution in [1.29, 1.82) is 0 Å². The molecule has 0 saturated carbocycles. The topological polar surface area (TPSA) is 55.4 Å². The van der Waals surface area contributed by atoms with E-state index in [1.165, 1.54) is 0 Å². The number of ether oxygens (including phenoxy) is 1. The van der Waals surface area contributed by atoms with Crippen LogP contribution in [-0.4, -0.2) is 18.5 Å². The van der Waals surface area contributed by atoms with Crippen molar-refractivity contribution in [2.45, 2.75) is 6.18 Å². The molecule has 0 aliphatic rings. The Morgan fingerprint density at radius 3 is 2.35 bits per heavy atom. The maximum atomic E-state index is 12.9. The van der Waals surface area contributed by atoms with Crippen LogP contribution in [0.3, 0.4) is 0 Å². The van der Waals surface area contributed by atoms with Gasteiger partial charge >= 0.3 is 12.1 Å². The summed E-state index contributed by atoms with van der Waals surface area (Å²) < 4.78 is 55.7. The first-order chi connectivity index (χ1) is 12.1. The quantitative estimate of drug-likeness (QED) is 0.574. The van der Waals surface area contributed by atoms with E-state index in [1.54, 1.807) is 0 Å². The molecule has 0 radical (unpaired) electrons. The number of rotatable bonds is 4. The number of hydrogen-bond donors (Lipinski definition) is 1. The van der Waals surface area contributed by atoms with E-state index in [2.05, 4.69) is 5.32 Å². The van der Waals surface area contributed by atoms with Gasteiger partial charge in [0.1, 0.15) is 5.82 Å². The van der Waals surface area contributed by atoms with Crippen LogP contribution in [0, 0.1) is 5.82 Å². The zero-order valence-corrected chi connectivity index (χ0v) is 14.2. The molecule has 0 unspecified atom stereocenters. The fourth-order valence-corrected chi connectivity index (χ4v) is 2.26. The number of alkyl halides is 3. The third-order valence-corrected chi connectivity index (χ3v) is 3.70. The van der Waals surface area contributed by atoms with E-state index in [1.807, 2.05) is 0 Å². The highest BCUT2D eigenvalue weighted by atomic mass is 35.5. The number of carbonyl (C=O) groups is 2. The van der Waals surface area contributed by atoms with Gasteiger partial charge in [-0.25, -0.2) is 9.18 Å². The molecular weight excluding hydrogens is 401 g/mol. The molecule has 138 valence electrons. The summed E-state index contributed by atoms with van der Waals surface area (Å²) in [6.07, 6.45) is -4.62. The van der Waals surface area contributed by atoms with E-state index in [0.717, 1.165) is 30.3 Å². The fourth-order valence-electron chi connectivity index (χ4n) is 1.85. The van der Waals surface area contributed by atoms with Crippen molar-refractivity contribution >= 4 is 40.8 Å². The number of amides is 1. The van der Waals surface area contributed by atoms with Gasteiger partial charge in [-0.3, -0.25) is 4.79 Å². The van der Waals surface area contributed by atoms with Crippen molar-refractivity contribution in [3.63, 3.8) is 0 Å². The van der Waals surface area contributed by atoms with Crippen molar-refractivity contribution in [2.75, 3.05) is 11.9 Å². The van der Waals surface area contributed by atoms with Crippen molar-refractivity contribution in [2.24, 2.45) is 0 Å². The van der Waals surface area contributed by atoms with Gasteiger partial charge in [0.05, 0.1) is 26.9 Å². The van der Waals surface area contributed by atoms with Gasteiger partial charge in [0.15, 0.2) is 6.61 Å². The monoisotopic (exact) mass is 409 g/mol. The third-order valence-electron chi connectivity index (χ3n) is 3.05. The molecule has 1 N–H and O–H groups in total. The third kappa shape index (κ3) is 5.09. The zero-order chi connectivity index (χ0) is 19.5. The second kappa shape index (κ2) is 7.92. The van der Waals surface area contributed by atoms with Gasteiger partial charge in [-0.1, -0.05) is 23.2 Å². The van der Waals surface area contributed by atoms with E-state index in [4.69, 9.17) is 27.9 Å². The van der Waals surface area contributed by atoms with Crippen molar-refractivity contribution in [1.82, 2.24) is 0 Å². The second-order valence-corrected chi connectivity index (χ2v) is 5.76. The molecule has 1 amide bonds. The number of nitrogens with one attached hydrogen (secondary N) is 1. The Labute approximate surface area is 154 Å². The minimum Gasteiger partial charge on any atom is -0.452 e. The Morgan fingerprint density at radius 2 is 1.73 bits per heavy atom. The molecule has 0 atom stereocenters. The number of benzene rings is 2. The number of anilines is 1. The largest absolute Gasteiger partial charge is 0.452 e. The number of carbonyl (C=O) groups excluding carboxylic acids is 2. The smallest absolute Gasteiger partial charge is 0.416 e. The zero-order valence-electron chi connectivity index (χ0n) is 12.7. The van der Waals surface area contributed by atoms with Crippen molar-refractivity contribution in [3.05, 3.63) is 63.4 Å². The summed E-state index contributed by atoms with van der Waals surface area (Å²) in [5.74, 6) is -2.58. The van der Waals surface area contributed by atoms with Crippen molar-refractivity contribution in [3.8, 4) is 0 Å². The van der Waals surface area contributed by atoms with Gasteiger partial charge in [0.2, 0.25) is 0 Å². The predicted octanol–water partition coefficient (Wildman–Crippen LogP) is 4.95. The van der Waals surface area contributed by atoms with Crippen LogP contribution >= 0.6 is 23.2 Å². The van der Waals surface area contributed by atoms with Gasteiger partial charge < -0.3 is 10.1 Å². The van der Waals surface area contributed by atoms with Gasteiger partial charge in [0, 0.05) is 0 Å². The first-order valence-electron chi connectivity index (χ1n) is 6.86. The first kappa shape index (κ1) is 20.0. The van der Waals surface area contributed by atoms with Crippen LogP contribution in [0.25, 0.3) is 0 Å². The van der Waals surface area contributed by atoms with Gasteiger partial charge in [-0.15, -0.1) is 0 Å². The van der Waals surface area contributed by atoms with Crippen LogP contribution < -0.4 is 5.32 Å². The molecule has 2 aromatic carbocycles. The number of hydrogen-bond acceptors (Lipinski definition) is 3. The fraction of sp³-hybridized carbons (Fsp3) is 0.125. The molecule has 0 aliphatic carbocycles. The molecule has 0 bridgehead atoms. The molecule has 0 saturated heterocycles. The van der Waals surface area contributed by atoms with Gasteiger partial charge in [0.25, 0.3) is 5.91 Å². The average Bonchev–Trinajstić information content (AvgIpc) is 2.53. The molecular formula is C16H9Cl2F4NO3. The van der Waals surface area contributed by atoms with Crippen LogP contribution in [0.1, 0.15) is 15.9 Å². The average molecular weight is 410 g/mol. The second-order valence-electron chi connectivity index (χ2n) is 4.94. The number of halogens is 6. The van der Waals surface area contributed by atoms with Crippen LogP contribution in [0.4, 0.5) is 23.2 Å². The maximum Gasteiger partial charge on any atom is 0.416 e. The van der Waals surface area contributed by atoms with Gasteiger partial charge in [-0.2, -0.15) is 13.2 Å². The molecule has 2 aromatic rings. The predicted molar refractivity (Wildman–Crippen MR) is 86.8 cm³/mol. The molecule has 0 aliphatic heterocycles. The van der Waals surface area contributed by atoms with E-state index < -0.39 is 36.0 Å². The highest BCUT2D eigenvalue weighted by Crippen LogP contribution is 2.33.